The van der Waals surface area contributed by atoms with Crippen molar-refractivity contribution in [3.05, 3.63) is 48.0 Å². The Kier molecular flexibility index (Phi) is 2.98. The fourth-order valence-corrected chi connectivity index (χ4v) is 2.38. The molecule has 0 unspecified atom stereocenters. The summed E-state index contributed by atoms with van der Waals surface area (Å²) in [4.78, 5) is 25.0. The molecule has 106 valence electrons. The summed E-state index contributed by atoms with van der Waals surface area (Å²) < 4.78 is 0. The van der Waals surface area contributed by atoms with Gasteiger partial charge in [-0.25, -0.2) is 0 Å². The first-order valence-corrected chi connectivity index (χ1v) is 6.42. The lowest BCUT2D eigenvalue weighted by Gasteiger charge is -2.31. The van der Waals surface area contributed by atoms with E-state index < -0.39 is 5.91 Å². The summed E-state index contributed by atoms with van der Waals surface area (Å²) in [6.07, 6.45) is 0. The number of carbonyl (C=O) groups is 2. The fraction of sp³-hybridized carbons (Fsp3) is 0.0667. The molecule has 0 aliphatic carbocycles. The Morgan fingerprint density at radius 3 is 2.67 bits per heavy atom. The Balaban J connectivity index is 2.14. The van der Waals surface area contributed by atoms with Gasteiger partial charge in [-0.1, -0.05) is 12.1 Å². The maximum absolute atomic E-state index is 11.9. The summed E-state index contributed by atoms with van der Waals surface area (Å²) in [5.74, 6) is -0.677. The van der Waals surface area contributed by atoms with E-state index in [4.69, 9.17) is 11.5 Å². The molecule has 2 amide bonds. The lowest BCUT2D eigenvalue weighted by Crippen LogP contribution is -2.35. The molecule has 1 aliphatic rings. The highest BCUT2D eigenvalue weighted by Crippen LogP contribution is 2.37. The van der Waals surface area contributed by atoms with Crippen LogP contribution in [-0.2, 0) is 4.79 Å². The van der Waals surface area contributed by atoms with Crippen molar-refractivity contribution in [1.29, 1.82) is 0 Å². The van der Waals surface area contributed by atoms with Gasteiger partial charge in [0.15, 0.2) is 0 Å². The van der Waals surface area contributed by atoms with Crippen molar-refractivity contribution in [2.45, 2.75) is 0 Å². The Morgan fingerprint density at radius 1 is 1.14 bits per heavy atom. The predicted octanol–water partition coefficient (Wildman–Crippen LogP) is 1.46. The van der Waals surface area contributed by atoms with Gasteiger partial charge in [-0.2, -0.15) is 0 Å². The second-order valence-corrected chi connectivity index (χ2v) is 4.79. The molecule has 0 aromatic heterocycles. The molecule has 6 heteroatoms. The van der Waals surface area contributed by atoms with Crippen LogP contribution in [0.2, 0.25) is 0 Å². The summed E-state index contributed by atoms with van der Waals surface area (Å²) in [6.45, 7) is 0.128. The maximum atomic E-state index is 11.9. The average molecular weight is 282 g/mol. The molecule has 0 saturated heterocycles. The number of rotatable bonds is 2. The Morgan fingerprint density at radius 2 is 1.90 bits per heavy atom. The van der Waals surface area contributed by atoms with Crippen LogP contribution in [0.3, 0.4) is 0 Å². The third kappa shape index (κ3) is 2.27. The standard InChI is InChI=1S/C15H14N4O2/c16-10-6-5-9(15(17)21)7-13(10)19-8-14(20)18-11-3-1-2-4-12(11)19/h1-7H,8,16H2,(H2,17,21)(H,18,20). The molecule has 3 rings (SSSR count). The molecule has 0 spiro atoms. The number of nitrogens with zero attached hydrogens (tertiary/aromatic N) is 1. The average Bonchev–Trinajstić information content (AvgIpc) is 2.46. The van der Waals surface area contributed by atoms with Crippen LogP contribution in [-0.4, -0.2) is 18.4 Å². The number of nitrogens with two attached hydrogens (primary N) is 2. The fourth-order valence-electron chi connectivity index (χ4n) is 2.38. The van der Waals surface area contributed by atoms with Gasteiger partial charge < -0.3 is 21.7 Å². The summed E-state index contributed by atoms with van der Waals surface area (Å²) in [5.41, 5.74) is 14.3. The lowest BCUT2D eigenvalue weighted by molar-refractivity contribution is -0.115. The van der Waals surface area contributed by atoms with Crippen LogP contribution in [0, 0.1) is 0 Å². The van der Waals surface area contributed by atoms with Crippen LogP contribution < -0.4 is 21.7 Å². The topological polar surface area (TPSA) is 101 Å². The molecular weight excluding hydrogens is 268 g/mol. The van der Waals surface area contributed by atoms with Crippen molar-refractivity contribution in [2.75, 3.05) is 22.5 Å². The third-order valence-corrected chi connectivity index (χ3v) is 3.38. The Bertz CT molecular complexity index is 742. The second-order valence-electron chi connectivity index (χ2n) is 4.79. The molecule has 0 radical (unpaired) electrons. The van der Waals surface area contributed by atoms with E-state index in [1.54, 1.807) is 23.1 Å². The minimum absolute atomic E-state index is 0.128. The summed E-state index contributed by atoms with van der Waals surface area (Å²) in [7, 11) is 0. The highest BCUT2D eigenvalue weighted by molar-refractivity contribution is 6.04. The van der Waals surface area contributed by atoms with Gasteiger partial charge in [0.25, 0.3) is 0 Å². The first-order valence-electron chi connectivity index (χ1n) is 6.42. The second kappa shape index (κ2) is 4.82. The van der Waals surface area contributed by atoms with Gasteiger partial charge in [-0.3, -0.25) is 9.59 Å². The minimum atomic E-state index is -0.536. The van der Waals surface area contributed by atoms with Gasteiger partial charge in [0, 0.05) is 5.56 Å². The van der Waals surface area contributed by atoms with E-state index in [9.17, 15) is 9.59 Å². The van der Waals surface area contributed by atoms with Crippen LogP contribution in [0.5, 0.6) is 0 Å². The van der Waals surface area contributed by atoms with E-state index >= 15 is 0 Å². The molecule has 6 nitrogen and oxygen atoms in total. The minimum Gasteiger partial charge on any atom is -0.397 e. The number of hydrogen-bond acceptors (Lipinski definition) is 4. The van der Waals surface area contributed by atoms with Gasteiger partial charge in [-0.05, 0) is 30.3 Å². The maximum Gasteiger partial charge on any atom is 0.248 e. The number of amides is 2. The lowest BCUT2D eigenvalue weighted by atomic mass is 10.1. The highest BCUT2D eigenvalue weighted by atomic mass is 16.2. The third-order valence-electron chi connectivity index (χ3n) is 3.38. The smallest absolute Gasteiger partial charge is 0.248 e. The van der Waals surface area contributed by atoms with Gasteiger partial charge in [-0.15, -0.1) is 0 Å². The number of para-hydroxylation sites is 2. The zero-order valence-corrected chi connectivity index (χ0v) is 11.2. The molecule has 5 N–H and O–H groups in total. The summed E-state index contributed by atoms with van der Waals surface area (Å²) >= 11 is 0. The number of nitrogens with one attached hydrogen (secondary N) is 1. The quantitative estimate of drug-likeness (QED) is 0.726. The molecular formula is C15H14N4O2. The van der Waals surface area contributed by atoms with Crippen LogP contribution in [0.15, 0.2) is 42.5 Å². The van der Waals surface area contributed by atoms with Gasteiger partial charge in [0.2, 0.25) is 11.8 Å². The zero-order chi connectivity index (χ0) is 15.0. The van der Waals surface area contributed by atoms with Gasteiger partial charge >= 0.3 is 0 Å². The number of hydrogen-bond donors (Lipinski definition) is 3. The van der Waals surface area contributed by atoms with E-state index in [0.717, 1.165) is 5.69 Å². The van der Waals surface area contributed by atoms with Crippen molar-refractivity contribution in [1.82, 2.24) is 0 Å². The van der Waals surface area contributed by atoms with Crippen LogP contribution in [0.4, 0.5) is 22.7 Å². The molecule has 0 bridgehead atoms. The van der Waals surface area contributed by atoms with E-state index in [1.165, 1.54) is 0 Å². The highest BCUT2D eigenvalue weighted by Gasteiger charge is 2.24. The number of benzene rings is 2. The van der Waals surface area contributed by atoms with Crippen molar-refractivity contribution in [3.63, 3.8) is 0 Å². The number of anilines is 4. The molecule has 0 fully saturated rings. The van der Waals surface area contributed by atoms with E-state index in [2.05, 4.69) is 5.32 Å². The first-order chi connectivity index (χ1) is 10.1. The zero-order valence-electron chi connectivity index (χ0n) is 11.2. The summed E-state index contributed by atoms with van der Waals surface area (Å²) in [5, 5.41) is 2.80. The molecule has 1 heterocycles. The van der Waals surface area contributed by atoms with E-state index in [0.29, 0.717) is 22.6 Å². The van der Waals surface area contributed by atoms with Crippen molar-refractivity contribution in [2.24, 2.45) is 5.73 Å². The number of primary amides is 1. The van der Waals surface area contributed by atoms with E-state index in [-0.39, 0.29) is 12.5 Å². The van der Waals surface area contributed by atoms with Crippen LogP contribution in [0.25, 0.3) is 0 Å². The van der Waals surface area contributed by atoms with Gasteiger partial charge in [0.1, 0.15) is 6.54 Å². The molecule has 2 aromatic rings. The normalized spacial score (nSPS) is 13.5. The van der Waals surface area contributed by atoms with E-state index in [1.807, 2.05) is 24.3 Å². The molecule has 2 aromatic carbocycles. The SMILES string of the molecule is NC(=O)c1ccc(N)c(N2CC(=O)Nc3ccccc32)c1. The van der Waals surface area contributed by atoms with Crippen molar-refractivity contribution < 1.29 is 9.59 Å². The van der Waals surface area contributed by atoms with Crippen molar-refractivity contribution >= 4 is 34.6 Å². The molecule has 0 atom stereocenters. The number of nitrogen functional groups attached to an aromatic ring is 1. The molecule has 0 saturated carbocycles. The van der Waals surface area contributed by atoms with Crippen LogP contribution in [0.1, 0.15) is 10.4 Å². The Labute approximate surface area is 121 Å². The van der Waals surface area contributed by atoms with Gasteiger partial charge in [0.05, 0.1) is 22.7 Å². The monoisotopic (exact) mass is 282 g/mol. The Hall–Kier alpha value is -3.02. The predicted molar refractivity (Wildman–Crippen MR) is 81.5 cm³/mol. The number of carbonyl (C=O) groups excluding carboxylic acids is 2. The largest absolute Gasteiger partial charge is 0.397 e. The molecule has 1 aliphatic heterocycles. The molecule has 21 heavy (non-hydrogen) atoms. The van der Waals surface area contributed by atoms with Crippen LogP contribution >= 0.6 is 0 Å². The first kappa shape index (κ1) is 13.0. The summed E-state index contributed by atoms with van der Waals surface area (Å²) in [6, 6.07) is 12.2. The van der Waals surface area contributed by atoms with Crippen molar-refractivity contribution in [3.8, 4) is 0 Å². The number of fused-ring (bicyclic) bond motifs is 1.